The van der Waals surface area contributed by atoms with Crippen LogP contribution in [0.2, 0.25) is 5.02 Å². The number of hydrogen-bond acceptors (Lipinski definition) is 3. The summed E-state index contributed by atoms with van der Waals surface area (Å²) in [6.45, 7) is 1.38. The molecule has 0 saturated carbocycles. The molecule has 22 heavy (non-hydrogen) atoms. The normalized spacial score (nSPS) is 14.5. The van der Waals surface area contributed by atoms with Crippen LogP contribution >= 0.6 is 11.6 Å². The Morgan fingerprint density at radius 1 is 1.23 bits per heavy atom. The quantitative estimate of drug-likeness (QED) is 0.808. The molecule has 0 radical (unpaired) electrons. The highest BCUT2D eigenvalue weighted by Crippen LogP contribution is 2.34. The van der Waals surface area contributed by atoms with Gasteiger partial charge >= 0.3 is 0 Å². The van der Waals surface area contributed by atoms with Crippen LogP contribution < -0.4 is 9.80 Å². The van der Waals surface area contributed by atoms with Crippen LogP contribution in [-0.4, -0.2) is 31.0 Å². The van der Waals surface area contributed by atoms with Gasteiger partial charge in [-0.05, 0) is 30.7 Å². The first kappa shape index (κ1) is 14.8. The summed E-state index contributed by atoms with van der Waals surface area (Å²) in [5.41, 5.74) is 1.90. The topological polar surface area (TPSA) is 36.4 Å². The largest absolute Gasteiger partial charge is 0.373 e. The van der Waals surface area contributed by atoms with Gasteiger partial charge in [0.05, 0.1) is 23.1 Å². The number of carbonyl (C=O) groups excluding carboxylic acids is 1. The first-order valence-corrected chi connectivity index (χ1v) is 7.37. The van der Waals surface area contributed by atoms with Crippen molar-refractivity contribution in [2.75, 3.05) is 29.9 Å². The highest BCUT2D eigenvalue weighted by Gasteiger charge is 2.25. The second kappa shape index (κ2) is 5.93. The predicted molar refractivity (Wildman–Crippen MR) is 85.2 cm³/mol. The summed E-state index contributed by atoms with van der Waals surface area (Å²) in [6, 6.07) is 6.67. The van der Waals surface area contributed by atoms with Crippen molar-refractivity contribution in [3.63, 3.8) is 0 Å². The van der Waals surface area contributed by atoms with Crippen LogP contribution in [0.4, 0.5) is 15.8 Å². The van der Waals surface area contributed by atoms with Gasteiger partial charge in [-0.25, -0.2) is 4.39 Å². The van der Waals surface area contributed by atoms with E-state index in [2.05, 4.69) is 9.88 Å². The Kier molecular flexibility index (Phi) is 3.98. The Hall–Kier alpha value is -2.14. The molecule has 0 spiro atoms. The lowest BCUT2D eigenvalue weighted by Gasteiger charge is -2.24. The molecule has 0 unspecified atom stereocenters. The molecule has 0 N–H and O–H groups in total. The molecule has 0 aliphatic carbocycles. The molecule has 1 aromatic heterocycles. The van der Waals surface area contributed by atoms with E-state index in [1.165, 1.54) is 12.3 Å². The van der Waals surface area contributed by atoms with Gasteiger partial charge in [-0.2, -0.15) is 0 Å². The van der Waals surface area contributed by atoms with Crippen LogP contribution in [-0.2, 0) is 0 Å². The summed E-state index contributed by atoms with van der Waals surface area (Å²) in [5, 5.41) is 0.559. The Morgan fingerprint density at radius 2 is 2.05 bits per heavy atom. The average Bonchev–Trinajstić information content (AvgIpc) is 2.65. The van der Waals surface area contributed by atoms with Crippen LogP contribution in [0, 0.1) is 5.82 Å². The smallest absolute Gasteiger partial charge is 0.260 e. The number of nitrogens with zero attached hydrogens (tertiary/aromatic N) is 3. The maximum absolute atomic E-state index is 13.3. The molecule has 1 aliphatic heterocycles. The molecule has 1 amide bonds. The Balaban J connectivity index is 2.05. The Morgan fingerprint density at radius 3 is 2.82 bits per heavy atom. The molecule has 3 rings (SSSR count). The fraction of sp³-hybridized carbons (Fsp3) is 0.250. The maximum Gasteiger partial charge on any atom is 0.260 e. The van der Waals surface area contributed by atoms with Gasteiger partial charge in [0.15, 0.2) is 0 Å². The Bertz CT molecular complexity index is 722. The van der Waals surface area contributed by atoms with Gasteiger partial charge < -0.3 is 9.80 Å². The molecule has 4 nitrogen and oxygen atoms in total. The summed E-state index contributed by atoms with van der Waals surface area (Å²) in [6.07, 6.45) is 3.28. The minimum atomic E-state index is -0.524. The second-order valence-corrected chi connectivity index (χ2v) is 5.69. The first-order chi connectivity index (χ1) is 10.6. The van der Waals surface area contributed by atoms with Crippen LogP contribution in [0.5, 0.6) is 0 Å². The van der Waals surface area contributed by atoms with Crippen LogP contribution in [0.25, 0.3) is 0 Å². The SMILES string of the molecule is CN1CCCN(C(=O)c2cncc(F)c2)c2cc(Cl)ccc21. The molecular formula is C16H15ClFN3O. The van der Waals surface area contributed by atoms with Crippen molar-refractivity contribution in [3.05, 3.63) is 53.1 Å². The summed E-state index contributed by atoms with van der Waals surface area (Å²) in [4.78, 5) is 20.2. The van der Waals surface area contributed by atoms with Crippen molar-refractivity contribution in [1.29, 1.82) is 0 Å². The summed E-state index contributed by atoms with van der Waals surface area (Å²) in [5.74, 6) is -0.796. The highest BCUT2D eigenvalue weighted by molar-refractivity contribution is 6.31. The molecule has 6 heteroatoms. The van der Waals surface area contributed by atoms with Crippen molar-refractivity contribution in [3.8, 4) is 0 Å². The van der Waals surface area contributed by atoms with E-state index in [0.717, 1.165) is 30.5 Å². The standard InChI is InChI=1S/C16H15ClFN3O/c1-20-5-2-6-21(15-8-12(17)3-4-14(15)20)16(22)11-7-13(18)10-19-9-11/h3-4,7-10H,2,5-6H2,1H3. The predicted octanol–water partition coefficient (Wildman–Crippen LogP) is 3.36. The number of amides is 1. The molecular weight excluding hydrogens is 305 g/mol. The molecule has 0 fully saturated rings. The van der Waals surface area contributed by atoms with Crippen molar-refractivity contribution >= 4 is 28.9 Å². The van der Waals surface area contributed by atoms with E-state index in [0.29, 0.717) is 11.6 Å². The average molecular weight is 320 g/mol. The van der Waals surface area contributed by atoms with Crippen molar-refractivity contribution in [1.82, 2.24) is 4.98 Å². The van der Waals surface area contributed by atoms with Crippen LogP contribution in [0.15, 0.2) is 36.7 Å². The van der Waals surface area contributed by atoms with Crippen LogP contribution in [0.1, 0.15) is 16.8 Å². The molecule has 114 valence electrons. The number of pyridine rings is 1. The zero-order valence-electron chi connectivity index (χ0n) is 12.1. The fourth-order valence-electron chi connectivity index (χ4n) is 2.64. The van der Waals surface area contributed by atoms with Gasteiger partial charge in [-0.15, -0.1) is 0 Å². The fourth-order valence-corrected chi connectivity index (χ4v) is 2.80. The van der Waals surface area contributed by atoms with E-state index in [1.807, 2.05) is 13.1 Å². The molecule has 0 bridgehead atoms. The third-order valence-corrected chi connectivity index (χ3v) is 3.95. The zero-order valence-corrected chi connectivity index (χ0v) is 12.8. The van der Waals surface area contributed by atoms with Gasteiger partial charge in [0, 0.05) is 31.4 Å². The molecule has 0 atom stereocenters. The van der Waals surface area contributed by atoms with E-state index >= 15 is 0 Å². The van der Waals surface area contributed by atoms with Crippen molar-refractivity contribution < 1.29 is 9.18 Å². The van der Waals surface area contributed by atoms with E-state index in [9.17, 15) is 9.18 Å². The number of hydrogen-bond donors (Lipinski definition) is 0. The third-order valence-electron chi connectivity index (χ3n) is 3.71. The number of aromatic nitrogens is 1. The highest BCUT2D eigenvalue weighted by atomic mass is 35.5. The van der Waals surface area contributed by atoms with E-state index in [4.69, 9.17) is 11.6 Å². The minimum Gasteiger partial charge on any atom is -0.373 e. The van der Waals surface area contributed by atoms with Gasteiger partial charge in [-0.3, -0.25) is 9.78 Å². The van der Waals surface area contributed by atoms with Crippen molar-refractivity contribution in [2.24, 2.45) is 0 Å². The van der Waals surface area contributed by atoms with E-state index in [-0.39, 0.29) is 11.5 Å². The van der Waals surface area contributed by atoms with Crippen molar-refractivity contribution in [2.45, 2.75) is 6.42 Å². The number of benzene rings is 1. The van der Waals surface area contributed by atoms with E-state index in [1.54, 1.807) is 17.0 Å². The second-order valence-electron chi connectivity index (χ2n) is 5.26. The van der Waals surface area contributed by atoms with Gasteiger partial charge in [0.25, 0.3) is 5.91 Å². The zero-order chi connectivity index (χ0) is 15.7. The number of rotatable bonds is 1. The molecule has 1 aromatic carbocycles. The lowest BCUT2D eigenvalue weighted by Crippen LogP contribution is -2.31. The number of fused-ring (bicyclic) bond motifs is 1. The Labute approximate surface area is 133 Å². The molecule has 2 aromatic rings. The monoisotopic (exact) mass is 319 g/mol. The number of carbonyl (C=O) groups is 1. The molecule has 0 saturated heterocycles. The van der Waals surface area contributed by atoms with Gasteiger partial charge in [0.1, 0.15) is 5.82 Å². The maximum atomic E-state index is 13.3. The third kappa shape index (κ3) is 2.76. The lowest BCUT2D eigenvalue weighted by atomic mass is 10.2. The summed E-state index contributed by atoms with van der Waals surface area (Å²) in [7, 11) is 1.98. The number of halogens is 2. The summed E-state index contributed by atoms with van der Waals surface area (Å²) >= 11 is 6.09. The minimum absolute atomic E-state index is 0.232. The summed E-state index contributed by atoms with van der Waals surface area (Å²) < 4.78 is 13.3. The number of anilines is 2. The van der Waals surface area contributed by atoms with E-state index < -0.39 is 5.82 Å². The molecule has 1 aliphatic rings. The first-order valence-electron chi connectivity index (χ1n) is 6.99. The van der Waals surface area contributed by atoms with Gasteiger partial charge in [0.2, 0.25) is 0 Å². The van der Waals surface area contributed by atoms with Gasteiger partial charge in [-0.1, -0.05) is 11.6 Å². The molecule has 2 heterocycles. The lowest BCUT2D eigenvalue weighted by molar-refractivity contribution is 0.0986. The van der Waals surface area contributed by atoms with Crippen LogP contribution in [0.3, 0.4) is 0 Å².